The molecule has 4 heteroatoms. The van der Waals surface area contributed by atoms with Gasteiger partial charge in [-0.25, -0.2) is 0 Å². The van der Waals surface area contributed by atoms with Crippen LogP contribution in [0.3, 0.4) is 0 Å². The van der Waals surface area contributed by atoms with Crippen molar-refractivity contribution in [1.29, 1.82) is 0 Å². The Labute approximate surface area is 108 Å². The molecule has 1 aromatic carbocycles. The van der Waals surface area contributed by atoms with Gasteiger partial charge < -0.3 is 14.7 Å². The Balaban J connectivity index is 2.27. The summed E-state index contributed by atoms with van der Waals surface area (Å²) in [6.45, 7) is 3.72. The Morgan fingerprint density at radius 3 is 2.67 bits per heavy atom. The molecule has 0 fully saturated rings. The lowest BCUT2D eigenvalue weighted by atomic mass is 10.3. The molecular formula is C14H21NO3. The number of amides is 1. The smallest absolute Gasteiger partial charge is 0.225 e. The van der Waals surface area contributed by atoms with Gasteiger partial charge in [-0.15, -0.1) is 0 Å². The van der Waals surface area contributed by atoms with Crippen LogP contribution in [0, 0.1) is 0 Å². The van der Waals surface area contributed by atoms with Crippen molar-refractivity contribution in [2.45, 2.75) is 19.8 Å². The summed E-state index contributed by atoms with van der Waals surface area (Å²) < 4.78 is 5.48. The Morgan fingerprint density at radius 2 is 2.06 bits per heavy atom. The molecule has 4 nitrogen and oxygen atoms in total. The molecule has 18 heavy (non-hydrogen) atoms. The van der Waals surface area contributed by atoms with Crippen LogP contribution in [0.1, 0.15) is 19.8 Å². The number of hydrogen-bond donors (Lipinski definition) is 1. The fourth-order valence-corrected chi connectivity index (χ4v) is 1.65. The quantitative estimate of drug-likeness (QED) is 0.765. The Bertz CT molecular complexity index is 340. The summed E-state index contributed by atoms with van der Waals surface area (Å²) in [5.41, 5.74) is 0. The van der Waals surface area contributed by atoms with E-state index in [9.17, 15) is 4.79 Å². The van der Waals surface area contributed by atoms with Crippen LogP contribution in [0.4, 0.5) is 0 Å². The number of ether oxygens (including phenoxy) is 1. The molecule has 0 saturated carbocycles. The van der Waals surface area contributed by atoms with Gasteiger partial charge >= 0.3 is 0 Å². The van der Waals surface area contributed by atoms with Crippen LogP contribution in [0.2, 0.25) is 0 Å². The summed E-state index contributed by atoms with van der Waals surface area (Å²) in [6.07, 6.45) is 0.993. The third-order valence-corrected chi connectivity index (χ3v) is 2.65. The number of aliphatic hydroxyl groups excluding tert-OH is 1. The minimum absolute atomic E-state index is 0.0712. The molecule has 0 radical (unpaired) electrons. The number of nitrogens with zero attached hydrogens (tertiary/aromatic N) is 1. The largest absolute Gasteiger partial charge is 0.493 e. The SMILES string of the molecule is CCN(CCCO)C(=O)CCOc1ccccc1. The van der Waals surface area contributed by atoms with Crippen LogP contribution in [0.15, 0.2) is 30.3 Å². The number of carbonyl (C=O) groups excluding carboxylic acids is 1. The second kappa shape index (κ2) is 8.53. The average Bonchev–Trinajstić information content (AvgIpc) is 2.41. The molecule has 0 aromatic heterocycles. The van der Waals surface area contributed by atoms with Gasteiger partial charge in [-0.2, -0.15) is 0 Å². The molecule has 0 saturated heterocycles. The fraction of sp³-hybridized carbons (Fsp3) is 0.500. The van der Waals surface area contributed by atoms with Gasteiger partial charge in [0.05, 0.1) is 13.0 Å². The van der Waals surface area contributed by atoms with E-state index in [-0.39, 0.29) is 12.5 Å². The van der Waals surface area contributed by atoms with Crippen LogP contribution in [0.25, 0.3) is 0 Å². The van der Waals surface area contributed by atoms with E-state index in [0.29, 0.717) is 32.5 Å². The standard InChI is InChI=1S/C14H21NO3/c1-2-15(10-6-11-16)14(17)9-12-18-13-7-4-3-5-8-13/h3-5,7-8,16H,2,6,9-12H2,1H3. The number of hydrogen-bond acceptors (Lipinski definition) is 3. The first-order chi connectivity index (χ1) is 8.77. The zero-order valence-electron chi connectivity index (χ0n) is 10.8. The predicted molar refractivity (Wildman–Crippen MR) is 70.5 cm³/mol. The van der Waals surface area contributed by atoms with E-state index in [2.05, 4.69) is 0 Å². The minimum Gasteiger partial charge on any atom is -0.493 e. The van der Waals surface area contributed by atoms with E-state index in [1.807, 2.05) is 37.3 Å². The zero-order chi connectivity index (χ0) is 13.2. The van der Waals surface area contributed by atoms with Crippen molar-refractivity contribution in [2.24, 2.45) is 0 Å². The molecule has 1 amide bonds. The molecule has 1 aromatic rings. The predicted octanol–water partition coefficient (Wildman–Crippen LogP) is 1.69. The van der Waals surface area contributed by atoms with E-state index in [0.717, 1.165) is 5.75 Å². The minimum atomic E-state index is 0.0712. The van der Waals surface area contributed by atoms with Crippen LogP contribution < -0.4 is 4.74 Å². The number of rotatable bonds is 8. The Morgan fingerprint density at radius 1 is 1.33 bits per heavy atom. The molecule has 0 atom stereocenters. The van der Waals surface area contributed by atoms with Crippen molar-refractivity contribution in [3.05, 3.63) is 30.3 Å². The summed E-state index contributed by atoms with van der Waals surface area (Å²) in [6, 6.07) is 9.46. The Kier molecular flexibility index (Phi) is 6.87. The van der Waals surface area contributed by atoms with Crippen molar-refractivity contribution < 1.29 is 14.6 Å². The molecule has 0 aliphatic rings. The molecular weight excluding hydrogens is 230 g/mol. The van der Waals surface area contributed by atoms with E-state index < -0.39 is 0 Å². The average molecular weight is 251 g/mol. The molecule has 0 heterocycles. The summed E-state index contributed by atoms with van der Waals surface area (Å²) >= 11 is 0. The van der Waals surface area contributed by atoms with Crippen molar-refractivity contribution in [3.63, 3.8) is 0 Å². The molecule has 0 unspecified atom stereocenters. The highest BCUT2D eigenvalue weighted by molar-refractivity contribution is 5.76. The van der Waals surface area contributed by atoms with Gasteiger partial charge in [-0.1, -0.05) is 18.2 Å². The van der Waals surface area contributed by atoms with E-state index in [1.165, 1.54) is 0 Å². The normalized spacial score (nSPS) is 10.1. The van der Waals surface area contributed by atoms with E-state index in [4.69, 9.17) is 9.84 Å². The lowest BCUT2D eigenvalue weighted by Crippen LogP contribution is -2.33. The maximum atomic E-state index is 11.8. The summed E-state index contributed by atoms with van der Waals surface area (Å²) in [7, 11) is 0. The molecule has 1 rings (SSSR count). The first kappa shape index (κ1) is 14.5. The molecule has 0 bridgehead atoms. The number of para-hydroxylation sites is 1. The number of aliphatic hydroxyl groups is 1. The molecule has 0 aliphatic heterocycles. The molecule has 0 aliphatic carbocycles. The second-order valence-electron chi connectivity index (χ2n) is 3.96. The fourth-order valence-electron chi connectivity index (χ4n) is 1.65. The van der Waals surface area contributed by atoms with Crippen molar-refractivity contribution in [2.75, 3.05) is 26.3 Å². The second-order valence-corrected chi connectivity index (χ2v) is 3.96. The lowest BCUT2D eigenvalue weighted by molar-refractivity contribution is -0.131. The highest BCUT2D eigenvalue weighted by Crippen LogP contribution is 2.08. The van der Waals surface area contributed by atoms with Crippen LogP contribution in [-0.4, -0.2) is 42.2 Å². The third-order valence-electron chi connectivity index (χ3n) is 2.65. The van der Waals surface area contributed by atoms with E-state index >= 15 is 0 Å². The first-order valence-corrected chi connectivity index (χ1v) is 6.34. The Hall–Kier alpha value is -1.55. The van der Waals surface area contributed by atoms with Gasteiger partial charge in [0.25, 0.3) is 0 Å². The van der Waals surface area contributed by atoms with Gasteiger partial charge in [0, 0.05) is 19.7 Å². The van der Waals surface area contributed by atoms with Gasteiger partial charge in [0.2, 0.25) is 5.91 Å². The highest BCUT2D eigenvalue weighted by atomic mass is 16.5. The van der Waals surface area contributed by atoms with Gasteiger partial charge in [-0.05, 0) is 25.5 Å². The first-order valence-electron chi connectivity index (χ1n) is 6.34. The lowest BCUT2D eigenvalue weighted by Gasteiger charge is -2.20. The summed E-state index contributed by atoms with van der Waals surface area (Å²) in [5, 5.41) is 8.75. The van der Waals surface area contributed by atoms with Gasteiger partial charge in [0.15, 0.2) is 0 Å². The highest BCUT2D eigenvalue weighted by Gasteiger charge is 2.10. The molecule has 0 spiro atoms. The van der Waals surface area contributed by atoms with Gasteiger partial charge in [0.1, 0.15) is 5.75 Å². The van der Waals surface area contributed by atoms with Crippen LogP contribution in [-0.2, 0) is 4.79 Å². The maximum Gasteiger partial charge on any atom is 0.225 e. The van der Waals surface area contributed by atoms with Crippen molar-refractivity contribution in [3.8, 4) is 5.75 Å². The summed E-state index contributed by atoms with van der Waals surface area (Å²) in [4.78, 5) is 13.6. The zero-order valence-corrected chi connectivity index (χ0v) is 10.8. The maximum absolute atomic E-state index is 11.8. The van der Waals surface area contributed by atoms with Gasteiger partial charge in [-0.3, -0.25) is 4.79 Å². The van der Waals surface area contributed by atoms with Crippen LogP contribution >= 0.6 is 0 Å². The van der Waals surface area contributed by atoms with Crippen LogP contribution in [0.5, 0.6) is 5.75 Å². The van der Waals surface area contributed by atoms with Crippen molar-refractivity contribution >= 4 is 5.91 Å². The van der Waals surface area contributed by atoms with E-state index in [1.54, 1.807) is 4.90 Å². The topological polar surface area (TPSA) is 49.8 Å². The number of carbonyl (C=O) groups is 1. The monoisotopic (exact) mass is 251 g/mol. The third kappa shape index (κ3) is 5.19. The van der Waals surface area contributed by atoms with Crippen molar-refractivity contribution in [1.82, 2.24) is 4.90 Å². The number of benzene rings is 1. The molecule has 1 N–H and O–H groups in total. The molecule has 100 valence electrons. The summed E-state index contributed by atoms with van der Waals surface area (Å²) in [5.74, 6) is 0.852.